The molecule has 5 nitrogen and oxygen atoms in total. The standard InChI is InChI=1S/C11H13FN2O3S/c12-8-2-13-11(15)14-10(8)18-5-7-1-6-3-16-4-9(6)17-7/h2,6-7,9H,1,3-5H2,(H,13,14,15)/t6-,7-,9+/m0/s1. The van der Waals surface area contributed by atoms with Crippen LogP contribution in [0.4, 0.5) is 4.39 Å². The van der Waals surface area contributed by atoms with Crippen LogP contribution < -0.4 is 5.69 Å². The molecule has 1 aromatic heterocycles. The number of halogens is 1. The lowest BCUT2D eigenvalue weighted by Gasteiger charge is -2.11. The zero-order valence-corrected chi connectivity index (χ0v) is 10.4. The number of aromatic amines is 1. The van der Waals surface area contributed by atoms with Crippen LogP contribution in [-0.2, 0) is 9.47 Å². The van der Waals surface area contributed by atoms with Gasteiger partial charge in [0, 0.05) is 11.7 Å². The molecule has 0 unspecified atom stereocenters. The average molecular weight is 272 g/mol. The smallest absolute Gasteiger partial charge is 0.345 e. The van der Waals surface area contributed by atoms with E-state index in [1.807, 2.05) is 0 Å². The minimum absolute atomic E-state index is 0.102. The van der Waals surface area contributed by atoms with Gasteiger partial charge >= 0.3 is 5.69 Å². The highest BCUT2D eigenvalue weighted by molar-refractivity contribution is 7.99. The van der Waals surface area contributed by atoms with E-state index in [-0.39, 0.29) is 17.2 Å². The molecule has 2 aliphatic rings. The molecule has 0 radical (unpaired) electrons. The van der Waals surface area contributed by atoms with Crippen molar-refractivity contribution in [3.63, 3.8) is 0 Å². The predicted octanol–water partition coefficient (Wildman–Crippen LogP) is 0.805. The number of fused-ring (bicyclic) bond motifs is 1. The van der Waals surface area contributed by atoms with Gasteiger partial charge in [-0.1, -0.05) is 0 Å². The summed E-state index contributed by atoms with van der Waals surface area (Å²) in [5.41, 5.74) is -0.531. The summed E-state index contributed by atoms with van der Waals surface area (Å²) in [6.07, 6.45) is 2.18. The molecule has 18 heavy (non-hydrogen) atoms. The molecule has 3 heterocycles. The number of nitrogens with one attached hydrogen (secondary N) is 1. The average Bonchev–Trinajstić information content (AvgIpc) is 2.90. The SMILES string of the molecule is O=c1ncc(F)c(SC[C@@H]2C[C@H]3COC[C@H]3O2)[nH]1. The Bertz CT molecular complexity index is 483. The highest BCUT2D eigenvalue weighted by Gasteiger charge is 2.39. The van der Waals surface area contributed by atoms with Crippen molar-refractivity contribution in [3.05, 3.63) is 22.5 Å². The number of thioether (sulfide) groups is 1. The van der Waals surface area contributed by atoms with Crippen molar-refractivity contribution >= 4 is 11.8 Å². The van der Waals surface area contributed by atoms with Gasteiger partial charge in [-0.15, -0.1) is 11.8 Å². The van der Waals surface area contributed by atoms with Crippen LogP contribution in [-0.4, -0.2) is 41.1 Å². The van der Waals surface area contributed by atoms with Gasteiger partial charge in [0.05, 0.1) is 31.6 Å². The second-order valence-corrected chi connectivity index (χ2v) is 5.54. The van der Waals surface area contributed by atoms with Crippen LogP contribution in [0.5, 0.6) is 0 Å². The van der Waals surface area contributed by atoms with Gasteiger partial charge in [0.2, 0.25) is 0 Å². The van der Waals surface area contributed by atoms with E-state index in [2.05, 4.69) is 9.97 Å². The highest BCUT2D eigenvalue weighted by Crippen LogP contribution is 2.33. The molecule has 0 amide bonds. The summed E-state index contributed by atoms with van der Waals surface area (Å²) < 4.78 is 24.5. The third-order valence-electron chi connectivity index (χ3n) is 3.22. The number of ether oxygens (including phenoxy) is 2. The van der Waals surface area contributed by atoms with Crippen molar-refractivity contribution in [1.29, 1.82) is 0 Å². The van der Waals surface area contributed by atoms with Gasteiger partial charge < -0.3 is 9.47 Å². The number of H-pyrrole nitrogens is 1. The number of nitrogens with zero attached hydrogens (tertiary/aromatic N) is 1. The van der Waals surface area contributed by atoms with Gasteiger partial charge in [-0.25, -0.2) is 9.18 Å². The second-order valence-electron chi connectivity index (χ2n) is 4.51. The molecule has 0 bridgehead atoms. The van der Waals surface area contributed by atoms with Crippen LogP contribution in [0.3, 0.4) is 0 Å². The van der Waals surface area contributed by atoms with Gasteiger partial charge in [0.15, 0.2) is 5.82 Å². The molecular formula is C11H13FN2O3S. The molecule has 2 fully saturated rings. The number of hydrogen-bond donors (Lipinski definition) is 1. The number of hydrogen-bond acceptors (Lipinski definition) is 5. The van der Waals surface area contributed by atoms with Crippen molar-refractivity contribution in [1.82, 2.24) is 9.97 Å². The van der Waals surface area contributed by atoms with E-state index < -0.39 is 11.5 Å². The lowest BCUT2D eigenvalue weighted by Crippen LogP contribution is -2.16. The molecule has 0 saturated carbocycles. The van der Waals surface area contributed by atoms with Crippen LogP contribution in [0.2, 0.25) is 0 Å². The molecule has 0 spiro atoms. The molecule has 2 aliphatic heterocycles. The molecule has 98 valence electrons. The Kier molecular flexibility index (Phi) is 3.36. The molecule has 0 aromatic carbocycles. The lowest BCUT2D eigenvalue weighted by molar-refractivity contribution is 0.0307. The largest absolute Gasteiger partial charge is 0.378 e. The quantitative estimate of drug-likeness (QED) is 0.651. The maximum atomic E-state index is 13.4. The molecule has 7 heteroatoms. The van der Waals surface area contributed by atoms with Crippen molar-refractivity contribution in [2.45, 2.75) is 23.7 Å². The Hall–Kier alpha value is -0.920. The molecule has 3 atom stereocenters. The van der Waals surface area contributed by atoms with Crippen molar-refractivity contribution in [3.8, 4) is 0 Å². The monoisotopic (exact) mass is 272 g/mol. The summed E-state index contributed by atoms with van der Waals surface area (Å²) in [5.74, 6) is 0.599. The van der Waals surface area contributed by atoms with E-state index in [0.717, 1.165) is 19.2 Å². The highest BCUT2D eigenvalue weighted by atomic mass is 32.2. The molecule has 1 aromatic rings. The van der Waals surface area contributed by atoms with Crippen molar-refractivity contribution in [2.24, 2.45) is 5.92 Å². The van der Waals surface area contributed by atoms with Gasteiger partial charge in [0.25, 0.3) is 0 Å². The summed E-state index contributed by atoms with van der Waals surface area (Å²) in [4.78, 5) is 16.7. The summed E-state index contributed by atoms with van der Waals surface area (Å²) in [7, 11) is 0. The maximum Gasteiger partial charge on any atom is 0.345 e. The normalized spacial score (nSPS) is 30.6. The summed E-state index contributed by atoms with van der Waals surface area (Å²) in [6, 6.07) is 0. The minimum atomic E-state index is -0.531. The van der Waals surface area contributed by atoms with Gasteiger partial charge in [0.1, 0.15) is 5.03 Å². The molecule has 1 N–H and O–H groups in total. The van der Waals surface area contributed by atoms with Crippen molar-refractivity contribution < 1.29 is 13.9 Å². The van der Waals surface area contributed by atoms with E-state index in [9.17, 15) is 9.18 Å². The third-order valence-corrected chi connectivity index (χ3v) is 4.34. The Balaban J connectivity index is 1.58. The Labute approximate surface area is 107 Å². The fourth-order valence-electron chi connectivity index (χ4n) is 2.34. The zero-order valence-electron chi connectivity index (χ0n) is 9.60. The Morgan fingerprint density at radius 3 is 3.28 bits per heavy atom. The predicted molar refractivity (Wildman–Crippen MR) is 63.1 cm³/mol. The van der Waals surface area contributed by atoms with E-state index in [1.54, 1.807) is 0 Å². The fraction of sp³-hybridized carbons (Fsp3) is 0.636. The summed E-state index contributed by atoms with van der Waals surface area (Å²) in [6.45, 7) is 1.42. The first-order valence-corrected chi connectivity index (χ1v) is 6.82. The van der Waals surface area contributed by atoms with Gasteiger partial charge in [-0.05, 0) is 6.42 Å². The van der Waals surface area contributed by atoms with Crippen LogP contribution >= 0.6 is 11.8 Å². The molecular weight excluding hydrogens is 259 g/mol. The topological polar surface area (TPSA) is 64.2 Å². The first-order chi connectivity index (χ1) is 8.72. The molecule has 0 aliphatic carbocycles. The zero-order chi connectivity index (χ0) is 12.5. The van der Waals surface area contributed by atoms with E-state index in [4.69, 9.17) is 9.47 Å². The minimum Gasteiger partial charge on any atom is -0.378 e. The summed E-state index contributed by atoms with van der Waals surface area (Å²) >= 11 is 1.26. The van der Waals surface area contributed by atoms with E-state index >= 15 is 0 Å². The lowest BCUT2D eigenvalue weighted by atomic mass is 10.0. The first kappa shape index (κ1) is 12.1. The van der Waals surface area contributed by atoms with Crippen molar-refractivity contribution in [2.75, 3.05) is 19.0 Å². The van der Waals surface area contributed by atoms with Gasteiger partial charge in [-0.3, -0.25) is 4.98 Å². The van der Waals surface area contributed by atoms with E-state index in [0.29, 0.717) is 18.3 Å². The Morgan fingerprint density at radius 1 is 1.56 bits per heavy atom. The molecule has 3 rings (SSSR count). The maximum absolute atomic E-state index is 13.4. The number of aromatic nitrogens is 2. The van der Waals surface area contributed by atoms with Gasteiger partial charge in [-0.2, -0.15) is 4.98 Å². The molecule has 2 saturated heterocycles. The number of rotatable bonds is 3. The summed E-state index contributed by atoms with van der Waals surface area (Å²) in [5, 5.41) is 0.229. The third kappa shape index (κ3) is 2.43. The first-order valence-electron chi connectivity index (χ1n) is 5.83. The van der Waals surface area contributed by atoms with Crippen LogP contribution in [0.15, 0.2) is 16.0 Å². The van der Waals surface area contributed by atoms with Crippen LogP contribution in [0, 0.1) is 11.7 Å². The van der Waals surface area contributed by atoms with Crippen LogP contribution in [0.25, 0.3) is 0 Å². The van der Waals surface area contributed by atoms with E-state index in [1.165, 1.54) is 11.8 Å². The van der Waals surface area contributed by atoms with Crippen LogP contribution in [0.1, 0.15) is 6.42 Å². The fourth-order valence-corrected chi connectivity index (χ4v) is 3.26. The Morgan fingerprint density at radius 2 is 2.44 bits per heavy atom. The second kappa shape index (κ2) is 4.99.